The lowest BCUT2D eigenvalue weighted by Gasteiger charge is -2.04. The highest BCUT2D eigenvalue weighted by Gasteiger charge is 2.02. The van der Waals surface area contributed by atoms with Gasteiger partial charge in [-0.05, 0) is 0 Å². The largest absolute Gasteiger partial charge is 0.354 e. The predicted molar refractivity (Wildman–Crippen MR) is 60.8 cm³/mol. The topological polar surface area (TPSA) is 95.6 Å². The first-order chi connectivity index (χ1) is 8.24. The van der Waals surface area contributed by atoms with Gasteiger partial charge in [-0.25, -0.2) is 0 Å². The van der Waals surface area contributed by atoms with Crippen LogP contribution in [0.3, 0.4) is 0 Å². The molecule has 0 saturated carbocycles. The van der Waals surface area contributed by atoms with Crippen molar-refractivity contribution in [3.8, 4) is 6.07 Å². The molecule has 0 saturated heterocycles. The summed E-state index contributed by atoms with van der Waals surface area (Å²) in [6, 6.07) is 1.96. The summed E-state index contributed by atoms with van der Waals surface area (Å²) < 4.78 is 1.84. The van der Waals surface area contributed by atoms with Crippen molar-refractivity contribution in [3.05, 3.63) is 12.2 Å². The summed E-state index contributed by atoms with van der Waals surface area (Å²) in [4.78, 5) is 11.2. The molecule has 7 nitrogen and oxygen atoms in total. The minimum absolute atomic E-state index is 0.0989. The Kier molecular flexibility index (Phi) is 5.68. The van der Waals surface area contributed by atoms with E-state index in [9.17, 15) is 4.79 Å². The maximum atomic E-state index is 11.2. The fourth-order valence-corrected chi connectivity index (χ4v) is 1.26. The Hall–Kier alpha value is -1.94. The average molecular weight is 236 g/mol. The fourth-order valence-electron chi connectivity index (χ4n) is 1.26. The maximum absolute atomic E-state index is 11.2. The molecule has 0 atom stereocenters. The van der Waals surface area contributed by atoms with Gasteiger partial charge in [0.2, 0.25) is 5.91 Å². The van der Waals surface area contributed by atoms with Gasteiger partial charge in [0.15, 0.2) is 0 Å². The van der Waals surface area contributed by atoms with Crippen LogP contribution in [0, 0.1) is 11.3 Å². The summed E-state index contributed by atoms with van der Waals surface area (Å²) in [5.41, 5.74) is 0. The Morgan fingerprint density at radius 2 is 2.41 bits per heavy atom. The van der Waals surface area contributed by atoms with Gasteiger partial charge in [-0.1, -0.05) is 0 Å². The Bertz CT molecular complexity index is 394. The SMILES string of the molecule is Cn1cnnc1CCNCC(=O)NCCC#N. The van der Waals surface area contributed by atoms with Gasteiger partial charge in [-0.2, -0.15) is 5.26 Å². The highest BCUT2D eigenvalue weighted by atomic mass is 16.1. The number of amides is 1. The third-order valence-corrected chi connectivity index (χ3v) is 2.18. The van der Waals surface area contributed by atoms with Crippen LogP contribution in [0.25, 0.3) is 0 Å². The standard InChI is InChI=1S/C10H16N6O/c1-16-8-14-15-9(16)3-6-12-7-10(17)13-5-2-4-11/h8,12H,2-3,5-7H2,1H3,(H,13,17). The summed E-state index contributed by atoms with van der Waals surface area (Å²) >= 11 is 0. The summed E-state index contributed by atoms with van der Waals surface area (Å²) in [7, 11) is 1.88. The van der Waals surface area contributed by atoms with Crippen molar-refractivity contribution in [1.29, 1.82) is 5.26 Å². The molecule has 1 amide bonds. The quantitative estimate of drug-likeness (QED) is 0.591. The molecule has 0 bridgehead atoms. The molecule has 92 valence electrons. The predicted octanol–water partition coefficient (Wildman–Crippen LogP) is -1.02. The molecule has 0 spiro atoms. The molecular formula is C10H16N6O. The van der Waals surface area contributed by atoms with Crippen LogP contribution >= 0.6 is 0 Å². The molecule has 1 heterocycles. The zero-order chi connectivity index (χ0) is 12.5. The van der Waals surface area contributed by atoms with Crippen LogP contribution in [0.4, 0.5) is 0 Å². The van der Waals surface area contributed by atoms with Crippen molar-refractivity contribution in [1.82, 2.24) is 25.4 Å². The highest BCUT2D eigenvalue weighted by molar-refractivity contribution is 5.77. The third-order valence-electron chi connectivity index (χ3n) is 2.18. The number of aryl methyl sites for hydroxylation is 1. The number of hydrogen-bond acceptors (Lipinski definition) is 5. The van der Waals surface area contributed by atoms with Gasteiger partial charge in [0.25, 0.3) is 0 Å². The van der Waals surface area contributed by atoms with Crippen LogP contribution in [0.1, 0.15) is 12.2 Å². The van der Waals surface area contributed by atoms with E-state index in [1.165, 1.54) is 0 Å². The van der Waals surface area contributed by atoms with Gasteiger partial charge in [-0.15, -0.1) is 10.2 Å². The number of nitrogens with zero attached hydrogens (tertiary/aromatic N) is 4. The molecule has 17 heavy (non-hydrogen) atoms. The van der Waals surface area contributed by atoms with Gasteiger partial charge in [-0.3, -0.25) is 4.79 Å². The maximum Gasteiger partial charge on any atom is 0.233 e. The summed E-state index contributed by atoms with van der Waals surface area (Å²) in [5.74, 6) is 0.778. The van der Waals surface area contributed by atoms with E-state index in [1.807, 2.05) is 17.7 Å². The smallest absolute Gasteiger partial charge is 0.233 e. The van der Waals surface area contributed by atoms with Gasteiger partial charge < -0.3 is 15.2 Å². The number of hydrogen-bond donors (Lipinski definition) is 2. The first-order valence-corrected chi connectivity index (χ1v) is 5.41. The van der Waals surface area contributed by atoms with E-state index in [-0.39, 0.29) is 12.5 Å². The number of nitriles is 1. The number of nitrogens with one attached hydrogen (secondary N) is 2. The van der Waals surface area contributed by atoms with Crippen LogP contribution in [0.15, 0.2) is 6.33 Å². The summed E-state index contributed by atoms with van der Waals surface area (Å²) in [6.45, 7) is 1.32. The Morgan fingerprint density at radius 3 is 3.06 bits per heavy atom. The molecule has 7 heteroatoms. The molecule has 0 fully saturated rings. The molecule has 0 aliphatic carbocycles. The first-order valence-electron chi connectivity index (χ1n) is 5.41. The van der Waals surface area contributed by atoms with Crippen LogP contribution in [0.5, 0.6) is 0 Å². The summed E-state index contributed by atoms with van der Waals surface area (Å²) in [5, 5.41) is 21.6. The second-order valence-corrected chi connectivity index (χ2v) is 3.54. The van der Waals surface area contributed by atoms with Crippen molar-refractivity contribution in [3.63, 3.8) is 0 Å². The van der Waals surface area contributed by atoms with Crippen LogP contribution in [-0.2, 0) is 18.3 Å². The van der Waals surface area contributed by atoms with Gasteiger partial charge in [0, 0.05) is 26.6 Å². The Labute approximate surface area is 99.8 Å². The lowest BCUT2D eigenvalue weighted by atomic mass is 10.4. The van der Waals surface area contributed by atoms with Crippen molar-refractivity contribution in [2.75, 3.05) is 19.6 Å². The molecule has 2 N–H and O–H groups in total. The monoisotopic (exact) mass is 236 g/mol. The fraction of sp³-hybridized carbons (Fsp3) is 0.600. The van der Waals surface area contributed by atoms with E-state index in [4.69, 9.17) is 5.26 Å². The molecule has 1 rings (SSSR count). The minimum atomic E-state index is -0.0989. The molecule has 0 aliphatic heterocycles. The van der Waals surface area contributed by atoms with Gasteiger partial charge in [0.1, 0.15) is 12.2 Å². The second kappa shape index (κ2) is 7.35. The van der Waals surface area contributed by atoms with E-state index < -0.39 is 0 Å². The van der Waals surface area contributed by atoms with E-state index in [0.29, 0.717) is 19.5 Å². The van der Waals surface area contributed by atoms with Gasteiger partial charge in [0.05, 0.1) is 19.0 Å². The van der Waals surface area contributed by atoms with E-state index in [2.05, 4.69) is 20.8 Å². The Morgan fingerprint density at radius 1 is 1.59 bits per heavy atom. The van der Waals surface area contributed by atoms with Crippen LogP contribution in [-0.4, -0.2) is 40.3 Å². The third kappa shape index (κ3) is 5.08. The molecule has 0 aromatic carbocycles. The molecule has 1 aromatic heterocycles. The number of aromatic nitrogens is 3. The zero-order valence-corrected chi connectivity index (χ0v) is 9.81. The molecule has 0 unspecified atom stereocenters. The minimum Gasteiger partial charge on any atom is -0.354 e. The molecular weight excluding hydrogens is 220 g/mol. The zero-order valence-electron chi connectivity index (χ0n) is 9.81. The summed E-state index contributed by atoms with van der Waals surface area (Å²) in [6.07, 6.45) is 2.70. The average Bonchev–Trinajstić information content (AvgIpc) is 2.71. The lowest BCUT2D eigenvalue weighted by Crippen LogP contribution is -2.35. The van der Waals surface area contributed by atoms with E-state index in [0.717, 1.165) is 12.2 Å². The highest BCUT2D eigenvalue weighted by Crippen LogP contribution is 1.90. The van der Waals surface area contributed by atoms with E-state index >= 15 is 0 Å². The molecule has 0 radical (unpaired) electrons. The van der Waals surface area contributed by atoms with Crippen molar-refractivity contribution in [2.45, 2.75) is 12.8 Å². The van der Waals surface area contributed by atoms with Crippen LogP contribution in [0.2, 0.25) is 0 Å². The molecule has 1 aromatic rings. The second-order valence-electron chi connectivity index (χ2n) is 3.54. The number of carbonyl (C=O) groups is 1. The first kappa shape index (κ1) is 13.1. The van der Waals surface area contributed by atoms with Crippen LogP contribution < -0.4 is 10.6 Å². The van der Waals surface area contributed by atoms with Gasteiger partial charge >= 0.3 is 0 Å². The number of carbonyl (C=O) groups excluding carboxylic acids is 1. The normalized spacial score (nSPS) is 9.88. The van der Waals surface area contributed by atoms with Crippen molar-refractivity contribution >= 4 is 5.91 Å². The van der Waals surface area contributed by atoms with E-state index in [1.54, 1.807) is 6.33 Å². The number of rotatable bonds is 7. The van der Waals surface area contributed by atoms with Crippen molar-refractivity contribution in [2.24, 2.45) is 7.05 Å². The lowest BCUT2D eigenvalue weighted by molar-refractivity contribution is -0.120. The molecule has 0 aliphatic rings. The van der Waals surface area contributed by atoms with Crippen molar-refractivity contribution < 1.29 is 4.79 Å². The Balaban J connectivity index is 2.06.